The molecule has 13 heavy (non-hydrogen) atoms. The van der Waals surface area contributed by atoms with Gasteiger partial charge in [0.2, 0.25) is 0 Å². The van der Waals surface area contributed by atoms with Gasteiger partial charge in [0.15, 0.2) is 0 Å². The van der Waals surface area contributed by atoms with Crippen LogP contribution in [0.3, 0.4) is 0 Å². The summed E-state index contributed by atoms with van der Waals surface area (Å²) in [5.74, 6) is 0.934. The lowest BCUT2D eigenvalue weighted by Gasteiger charge is -2.20. The van der Waals surface area contributed by atoms with Crippen molar-refractivity contribution >= 4 is 0 Å². The molecule has 1 saturated heterocycles. The number of fused-ring (bicyclic) bond motifs is 1. The van der Waals surface area contributed by atoms with E-state index in [1.807, 2.05) is 0 Å². The second kappa shape index (κ2) is 2.85. The second-order valence-electron chi connectivity index (χ2n) is 3.98. The summed E-state index contributed by atoms with van der Waals surface area (Å²) < 4.78 is 35.8. The van der Waals surface area contributed by atoms with Gasteiger partial charge in [-0.15, -0.1) is 0 Å². The molecule has 1 N–H and O–H groups in total. The molecular weight excluding hydrogens is 183 g/mol. The molecule has 0 aromatic rings. The quantitative estimate of drug-likeness (QED) is 0.701. The maximum absolute atomic E-state index is 11.9. The Hall–Kier alpha value is -0.290. The topological polar surface area (TPSA) is 23.5 Å². The Kier molecular flexibility index (Phi) is 2.03. The van der Waals surface area contributed by atoms with Crippen molar-refractivity contribution in [3.8, 4) is 0 Å². The number of rotatable bonds is 2. The van der Waals surface area contributed by atoms with Crippen LogP contribution in [0.2, 0.25) is 0 Å². The van der Waals surface area contributed by atoms with Crippen LogP contribution in [0.4, 0.5) is 13.2 Å². The molecule has 1 heterocycles. The van der Waals surface area contributed by atoms with E-state index in [9.17, 15) is 13.2 Å². The fourth-order valence-electron chi connectivity index (χ4n) is 2.39. The summed E-state index contributed by atoms with van der Waals surface area (Å²) in [6.45, 7) is 0.359. The van der Waals surface area contributed by atoms with Crippen LogP contribution in [0.1, 0.15) is 0 Å². The van der Waals surface area contributed by atoms with Gasteiger partial charge in [0, 0.05) is 19.7 Å². The molecule has 0 aromatic carbocycles. The van der Waals surface area contributed by atoms with E-state index in [2.05, 4.69) is 0 Å². The van der Waals surface area contributed by atoms with Crippen LogP contribution in [0, 0.1) is 17.8 Å². The Bertz CT molecular complexity index is 194. The molecular formula is C8H12F3NO. The Morgan fingerprint density at radius 3 is 2.15 bits per heavy atom. The molecule has 1 saturated carbocycles. The third-order valence-electron chi connectivity index (χ3n) is 3.06. The highest BCUT2D eigenvalue weighted by atomic mass is 19.4. The molecule has 0 aromatic heterocycles. The van der Waals surface area contributed by atoms with Gasteiger partial charge in [-0.05, 0) is 17.8 Å². The Morgan fingerprint density at radius 2 is 1.77 bits per heavy atom. The van der Waals surface area contributed by atoms with Gasteiger partial charge in [0.05, 0.1) is 6.54 Å². The summed E-state index contributed by atoms with van der Waals surface area (Å²) >= 11 is 0. The van der Waals surface area contributed by atoms with Crippen molar-refractivity contribution in [3.05, 3.63) is 0 Å². The average molecular weight is 195 g/mol. The van der Waals surface area contributed by atoms with Crippen molar-refractivity contribution in [1.82, 2.24) is 4.90 Å². The first-order valence-electron chi connectivity index (χ1n) is 4.41. The van der Waals surface area contributed by atoms with Gasteiger partial charge in [-0.1, -0.05) is 0 Å². The lowest BCUT2D eigenvalue weighted by molar-refractivity contribution is -0.145. The van der Waals surface area contributed by atoms with Crippen molar-refractivity contribution in [2.75, 3.05) is 26.2 Å². The van der Waals surface area contributed by atoms with Gasteiger partial charge in [-0.3, -0.25) is 4.90 Å². The number of nitrogens with zero attached hydrogens (tertiary/aromatic N) is 1. The van der Waals surface area contributed by atoms with Gasteiger partial charge < -0.3 is 5.11 Å². The highest BCUT2D eigenvalue weighted by molar-refractivity contribution is 5.04. The molecule has 1 aliphatic carbocycles. The van der Waals surface area contributed by atoms with Gasteiger partial charge in [0.1, 0.15) is 0 Å². The molecule has 0 amide bonds. The molecule has 5 heteroatoms. The van der Waals surface area contributed by atoms with E-state index < -0.39 is 12.7 Å². The largest absolute Gasteiger partial charge is 0.401 e. The molecule has 0 bridgehead atoms. The van der Waals surface area contributed by atoms with Crippen LogP contribution in [-0.2, 0) is 0 Å². The third kappa shape index (κ3) is 1.81. The van der Waals surface area contributed by atoms with Crippen LogP contribution < -0.4 is 0 Å². The fraction of sp³-hybridized carbons (Fsp3) is 1.00. The van der Waals surface area contributed by atoms with Gasteiger partial charge in [-0.25, -0.2) is 0 Å². The molecule has 2 atom stereocenters. The first-order valence-corrected chi connectivity index (χ1v) is 4.41. The number of likely N-dealkylation sites (tertiary alicyclic amines) is 1. The first kappa shape index (κ1) is 9.27. The van der Waals surface area contributed by atoms with Crippen molar-refractivity contribution in [3.63, 3.8) is 0 Å². The Labute approximate surface area is 74.3 Å². The second-order valence-corrected chi connectivity index (χ2v) is 3.98. The smallest absolute Gasteiger partial charge is 0.396 e. The molecule has 76 valence electrons. The highest BCUT2D eigenvalue weighted by Crippen LogP contribution is 2.51. The summed E-state index contributed by atoms with van der Waals surface area (Å²) in [6, 6.07) is 0. The van der Waals surface area contributed by atoms with Crippen LogP contribution in [0.5, 0.6) is 0 Å². The van der Waals surface area contributed by atoms with Crippen LogP contribution >= 0.6 is 0 Å². The zero-order valence-electron chi connectivity index (χ0n) is 7.09. The zero-order valence-corrected chi connectivity index (χ0v) is 7.09. The predicted molar refractivity (Wildman–Crippen MR) is 40.1 cm³/mol. The summed E-state index contributed by atoms with van der Waals surface area (Å²) in [5.41, 5.74) is 0. The van der Waals surface area contributed by atoms with Crippen LogP contribution in [0.15, 0.2) is 0 Å². The Morgan fingerprint density at radius 1 is 1.23 bits per heavy atom. The van der Waals surface area contributed by atoms with Crippen molar-refractivity contribution in [2.24, 2.45) is 17.8 Å². The first-order chi connectivity index (χ1) is 6.01. The lowest BCUT2D eigenvalue weighted by Crippen LogP contribution is -2.34. The zero-order chi connectivity index (χ0) is 9.64. The van der Waals surface area contributed by atoms with Crippen LogP contribution in [0.25, 0.3) is 0 Å². The van der Waals surface area contributed by atoms with Gasteiger partial charge >= 0.3 is 6.18 Å². The normalized spacial score (nSPS) is 39.2. The van der Waals surface area contributed by atoms with E-state index >= 15 is 0 Å². The molecule has 2 nitrogen and oxygen atoms in total. The third-order valence-corrected chi connectivity index (χ3v) is 3.06. The number of piperidine rings is 1. The van der Waals surface area contributed by atoms with E-state index in [-0.39, 0.29) is 12.5 Å². The van der Waals surface area contributed by atoms with Crippen molar-refractivity contribution < 1.29 is 18.3 Å². The predicted octanol–water partition coefficient (Wildman–Crippen LogP) is 0.719. The van der Waals surface area contributed by atoms with E-state index in [1.165, 1.54) is 4.90 Å². The summed E-state index contributed by atoms with van der Waals surface area (Å²) in [4.78, 5) is 1.43. The number of alkyl halides is 3. The van der Waals surface area contributed by atoms with Crippen molar-refractivity contribution in [2.45, 2.75) is 6.18 Å². The molecule has 1 aliphatic heterocycles. The molecule has 0 spiro atoms. The van der Waals surface area contributed by atoms with Crippen LogP contribution in [-0.4, -0.2) is 42.4 Å². The molecule has 2 fully saturated rings. The number of aliphatic hydroxyl groups is 1. The summed E-state index contributed by atoms with van der Waals surface area (Å²) in [5, 5.41) is 8.79. The standard InChI is InChI=1S/C8H12F3NO/c9-8(10,11)4-12-1-5-6(2-12)7(5)3-13/h5-7,13H,1-4H2. The SMILES string of the molecule is OCC1C2CN(CC(F)(F)F)CC12. The van der Waals surface area contributed by atoms with E-state index in [0.29, 0.717) is 24.9 Å². The summed E-state index contributed by atoms with van der Waals surface area (Å²) in [7, 11) is 0. The van der Waals surface area contributed by atoms with Crippen molar-refractivity contribution in [1.29, 1.82) is 0 Å². The van der Waals surface area contributed by atoms with E-state index in [1.54, 1.807) is 0 Å². The summed E-state index contributed by atoms with van der Waals surface area (Å²) in [6.07, 6.45) is -4.08. The minimum absolute atomic E-state index is 0.134. The monoisotopic (exact) mass is 195 g/mol. The maximum atomic E-state index is 11.9. The number of hydrogen-bond donors (Lipinski definition) is 1. The Balaban J connectivity index is 1.78. The number of halogens is 3. The molecule has 2 rings (SSSR count). The number of hydrogen-bond acceptors (Lipinski definition) is 2. The average Bonchev–Trinajstić information content (AvgIpc) is 2.44. The van der Waals surface area contributed by atoms with E-state index in [0.717, 1.165) is 0 Å². The number of aliphatic hydroxyl groups excluding tert-OH is 1. The van der Waals surface area contributed by atoms with Gasteiger partial charge in [-0.2, -0.15) is 13.2 Å². The lowest BCUT2D eigenvalue weighted by atomic mass is 10.3. The fourth-order valence-corrected chi connectivity index (χ4v) is 2.39. The van der Waals surface area contributed by atoms with Gasteiger partial charge in [0.25, 0.3) is 0 Å². The molecule has 2 aliphatic rings. The molecule has 2 unspecified atom stereocenters. The highest BCUT2D eigenvalue weighted by Gasteiger charge is 2.56. The molecule has 0 radical (unpaired) electrons. The minimum atomic E-state index is -4.08. The minimum Gasteiger partial charge on any atom is -0.396 e. The van der Waals surface area contributed by atoms with E-state index in [4.69, 9.17) is 5.11 Å². The maximum Gasteiger partial charge on any atom is 0.401 e.